The van der Waals surface area contributed by atoms with Gasteiger partial charge in [0, 0.05) is 47.6 Å². The summed E-state index contributed by atoms with van der Waals surface area (Å²) in [5.41, 5.74) is 1.83. The van der Waals surface area contributed by atoms with Crippen LogP contribution in [0.25, 0.3) is 10.8 Å². The molecule has 148 valence electrons. The molecule has 2 aromatic carbocycles. The quantitative estimate of drug-likeness (QED) is 0.668. The fourth-order valence-electron chi connectivity index (χ4n) is 5.38. The normalized spacial score (nSPS) is 27.0. The van der Waals surface area contributed by atoms with Crippen LogP contribution < -0.4 is 9.64 Å². The second-order valence-corrected chi connectivity index (χ2v) is 9.30. The van der Waals surface area contributed by atoms with Crippen molar-refractivity contribution in [2.24, 2.45) is 10.4 Å². The first-order valence-electron chi connectivity index (χ1n) is 10.8. The molecule has 0 radical (unpaired) electrons. The molecule has 1 spiro atoms. The Labute approximate surface area is 168 Å². The number of benzene rings is 2. The van der Waals surface area contributed by atoms with E-state index in [9.17, 15) is 0 Å². The van der Waals surface area contributed by atoms with E-state index in [1.165, 1.54) is 42.1 Å². The zero-order valence-electron chi connectivity index (χ0n) is 17.4. The van der Waals surface area contributed by atoms with E-state index in [0.717, 1.165) is 37.5 Å². The molecule has 0 bridgehead atoms. The van der Waals surface area contributed by atoms with Gasteiger partial charge in [-0.3, -0.25) is 9.89 Å². The Hall–Kier alpha value is -2.07. The zero-order valence-corrected chi connectivity index (χ0v) is 17.4. The smallest absolute Gasteiger partial charge is 0.204 e. The highest BCUT2D eigenvalue weighted by molar-refractivity contribution is 6.05. The molecule has 0 saturated carbocycles. The topological polar surface area (TPSA) is 28.1 Å². The molecule has 5 rings (SSSR count). The maximum absolute atomic E-state index is 6.88. The third kappa shape index (κ3) is 2.57. The van der Waals surface area contributed by atoms with Gasteiger partial charge in [-0.1, -0.05) is 38.1 Å². The highest BCUT2D eigenvalue weighted by atomic mass is 16.5. The van der Waals surface area contributed by atoms with Crippen LogP contribution in [0.2, 0.25) is 0 Å². The highest BCUT2D eigenvalue weighted by Crippen LogP contribution is 2.51. The molecule has 1 atom stereocenters. The number of piperidine rings is 2. The van der Waals surface area contributed by atoms with E-state index in [1.54, 1.807) is 0 Å². The molecule has 0 aromatic heterocycles. The molecule has 3 aliphatic rings. The maximum Gasteiger partial charge on any atom is 0.204 e. The predicted molar refractivity (Wildman–Crippen MR) is 117 cm³/mol. The van der Waals surface area contributed by atoms with Gasteiger partial charge in [-0.15, -0.1) is 0 Å². The first-order chi connectivity index (χ1) is 13.5. The van der Waals surface area contributed by atoms with Crippen molar-refractivity contribution in [1.82, 2.24) is 4.90 Å². The summed E-state index contributed by atoms with van der Waals surface area (Å²) in [7, 11) is 2.17. The summed E-state index contributed by atoms with van der Waals surface area (Å²) in [6, 6.07) is 10.9. The monoisotopic (exact) mass is 377 g/mol. The lowest BCUT2D eigenvalue weighted by Gasteiger charge is -2.53. The van der Waals surface area contributed by atoms with Crippen LogP contribution in [0.4, 0.5) is 11.4 Å². The molecule has 1 unspecified atom stereocenters. The van der Waals surface area contributed by atoms with Gasteiger partial charge in [0.25, 0.3) is 0 Å². The van der Waals surface area contributed by atoms with E-state index in [-0.39, 0.29) is 5.41 Å². The molecular weight excluding hydrogens is 346 g/mol. The Morgan fingerprint density at radius 3 is 2.46 bits per heavy atom. The van der Waals surface area contributed by atoms with E-state index in [0.29, 0.717) is 0 Å². The second-order valence-electron chi connectivity index (χ2n) is 9.30. The minimum absolute atomic E-state index is 0.0120. The number of hydrogen-bond donors (Lipinski definition) is 0. The van der Waals surface area contributed by atoms with E-state index in [4.69, 9.17) is 9.73 Å². The standard InChI is InChI=1S/C24H31N3O/c1-23(2)12-9-13-26(3)24(23)17-25-22-19-11-6-5-10-18(19)20(16-21(22)28-24)27-14-7-4-8-15-27/h5-6,10-11,16-17H,4,7-9,12-15H2,1-3H3. The Bertz CT molecular complexity index is 929. The van der Waals surface area contributed by atoms with Gasteiger partial charge >= 0.3 is 0 Å². The Balaban J connectivity index is 1.67. The van der Waals surface area contributed by atoms with Crippen LogP contribution in [0.1, 0.15) is 46.0 Å². The van der Waals surface area contributed by atoms with Gasteiger partial charge < -0.3 is 9.64 Å². The number of ether oxygens (including phenoxy) is 1. The van der Waals surface area contributed by atoms with Crippen LogP contribution >= 0.6 is 0 Å². The summed E-state index contributed by atoms with van der Waals surface area (Å²) in [6.45, 7) is 7.92. The van der Waals surface area contributed by atoms with Gasteiger partial charge in [0.1, 0.15) is 5.69 Å². The number of nitrogens with zero attached hydrogens (tertiary/aromatic N) is 3. The third-order valence-electron chi connectivity index (χ3n) is 7.12. The Kier molecular flexibility index (Phi) is 4.16. The first-order valence-corrected chi connectivity index (χ1v) is 10.8. The minimum atomic E-state index is -0.472. The fraction of sp³-hybridized carbons (Fsp3) is 0.542. The van der Waals surface area contributed by atoms with Crippen molar-refractivity contribution < 1.29 is 4.74 Å². The number of hydrogen-bond acceptors (Lipinski definition) is 4. The van der Waals surface area contributed by atoms with E-state index in [1.807, 2.05) is 0 Å². The van der Waals surface area contributed by atoms with E-state index >= 15 is 0 Å². The number of rotatable bonds is 1. The van der Waals surface area contributed by atoms with Crippen LogP contribution in [-0.4, -0.2) is 43.5 Å². The van der Waals surface area contributed by atoms with Gasteiger partial charge in [-0.05, 0) is 39.2 Å². The van der Waals surface area contributed by atoms with Crippen molar-refractivity contribution in [3.63, 3.8) is 0 Å². The number of likely N-dealkylation sites (tertiary alicyclic amines) is 1. The molecule has 0 N–H and O–H groups in total. The minimum Gasteiger partial charge on any atom is -0.464 e. The number of fused-ring (bicyclic) bond motifs is 3. The molecule has 3 heterocycles. The van der Waals surface area contributed by atoms with E-state index < -0.39 is 5.72 Å². The summed E-state index contributed by atoms with van der Waals surface area (Å²) in [4.78, 5) is 9.90. The summed E-state index contributed by atoms with van der Waals surface area (Å²) >= 11 is 0. The molecular formula is C24H31N3O. The lowest BCUT2D eigenvalue weighted by molar-refractivity contribution is -0.122. The highest BCUT2D eigenvalue weighted by Gasteiger charge is 2.53. The molecule has 0 amide bonds. The van der Waals surface area contributed by atoms with Crippen LogP contribution in [0.15, 0.2) is 35.3 Å². The van der Waals surface area contributed by atoms with Crippen LogP contribution in [0.3, 0.4) is 0 Å². The summed E-state index contributed by atoms with van der Waals surface area (Å²) in [5.74, 6) is 0.934. The Morgan fingerprint density at radius 2 is 1.71 bits per heavy atom. The van der Waals surface area contributed by atoms with Gasteiger partial charge in [0.2, 0.25) is 5.72 Å². The maximum atomic E-state index is 6.88. The lowest BCUT2D eigenvalue weighted by atomic mass is 9.73. The van der Waals surface area contributed by atoms with Crippen molar-refractivity contribution in [1.29, 1.82) is 0 Å². The Morgan fingerprint density at radius 1 is 0.964 bits per heavy atom. The molecule has 2 fully saturated rings. The van der Waals surface area contributed by atoms with Crippen molar-refractivity contribution in [2.75, 3.05) is 31.6 Å². The number of aliphatic imine (C=N–C) groups is 1. The molecule has 4 heteroatoms. The second kappa shape index (κ2) is 6.48. The van der Waals surface area contributed by atoms with Crippen LogP contribution in [0, 0.1) is 5.41 Å². The number of anilines is 1. The van der Waals surface area contributed by atoms with Gasteiger partial charge in [0.05, 0.1) is 6.21 Å². The van der Waals surface area contributed by atoms with Gasteiger partial charge in [-0.25, -0.2) is 0 Å². The van der Waals surface area contributed by atoms with Gasteiger partial charge in [0.15, 0.2) is 5.75 Å². The average Bonchev–Trinajstić information content (AvgIpc) is 2.72. The first kappa shape index (κ1) is 18.0. The van der Waals surface area contributed by atoms with Crippen molar-refractivity contribution in [3.05, 3.63) is 30.3 Å². The van der Waals surface area contributed by atoms with Crippen LogP contribution in [-0.2, 0) is 0 Å². The van der Waals surface area contributed by atoms with Gasteiger partial charge in [-0.2, -0.15) is 0 Å². The lowest BCUT2D eigenvalue weighted by Crippen LogP contribution is -2.65. The molecule has 3 aliphatic heterocycles. The molecule has 2 saturated heterocycles. The average molecular weight is 378 g/mol. The SMILES string of the molecule is CN1CCCC(C)(C)C12C=Nc1c(cc(N3CCCCC3)c3ccccc13)O2. The van der Waals surface area contributed by atoms with Crippen LogP contribution in [0.5, 0.6) is 5.75 Å². The fourth-order valence-corrected chi connectivity index (χ4v) is 5.38. The third-order valence-corrected chi connectivity index (χ3v) is 7.12. The van der Waals surface area contributed by atoms with Crippen molar-refractivity contribution in [3.8, 4) is 5.75 Å². The molecule has 2 aromatic rings. The summed E-state index contributed by atoms with van der Waals surface area (Å²) < 4.78 is 6.88. The summed E-state index contributed by atoms with van der Waals surface area (Å²) in [6.07, 6.45) is 8.29. The summed E-state index contributed by atoms with van der Waals surface area (Å²) in [5, 5.41) is 2.49. The predicted octanol–water partition coefficient (Wildman–Crippen LogP) is 5.37. The molecule has 0 aliphatic carbocycles. The van der Waals surface area contributed by atoms with E-state index in [2.05, 4.69) is 67.2 Å². The largest absolute Gasteiger partial charge is 0.464 e. The van der Waals surface area contributed by atoms with Crippen molar-refractivity contribution >= 4 is 28.4 Å². The zero-order chi connectivity index (χ0) is 19.4. The molecule has 4 nitrogen and oxygen atoms in total. The van der Waals surface area contributed by atoms with Crippen molar-refractivity contribution in [2.45, 2.75) is 51.7 Å². The molecule has 28 heavy (non-hydrogen) atoms.